The van der Waals surface area contributed by atoms with Gasteiger partial charge in [-0.25, -0.2) is 0 Å². The zero-order valence-electron chi connectivity index (χ0n) is 15.1. The van der Waals surface area contributed by atoms with E-state index in [0.29, 0.717) is 39.1 Å². The molecular weight excluding hydrogens is 358 g/mol. The zero-order chi connectivity index (χ0) is 19.5. The van der Waals surface area contributed by atoms with E-state index >= 15 is 0 Å². The molecule has 6 nitrogen and oxygen atoms in total. The summed E-state index contributed by atoms with van der Waals surface area (Å²) in [7, 11) is 1.54. The molecule has 0 saturated carbocycles. The van der Waals surface area contributed by atoms with Gasteiger partial charge in [-0.3, -0.25) is 9.59 Å². The van der Waals surface area contributed by atoms with Crippen molar-refractivity contribution in [1.82, 2.24) is 0 Å². The van der Waals surface area contributed by atoms with Gasteiger partial charge in [-0.2, -0.15) is 0 Å². The SMILES string of the molecule is COc1ccccc1OCC(=O)Nc1ccc2c(=O)c3ccccc3oc2c1. The number of fused-ring (bicyclic) bond motifs is 2. The van der Waals surface area contributed by atoms with E-state index < -0.39 is 0 Å². The third-order valence-corrected chi connectivity index (χ3v) is 4.29. The highest BCUT2D eigenvalue weighted by atomic mass is 16.5. The van der Waals surface area contributed by atoms with E-state index in [9.17, 15) is 9.59 Å². The Morgan fingerprint density at radius 3 is 2.46 bits per heavy atom. The van der Waals surface area contributed by atoms with Crippen molar-refractivity contribution in [3.05, 3.63) is 77.0 Å². The number of carbonyl (C=O) groups excluding carboxylic acids is 1. The van der Waals surface area contributed by atoms with E-state index in [2.05, 4.69) is 5.32 Å². The van der Waals surface area contributed by atoms with Crippen LogP contribution in [-0.2, 0) is 4.79 Å². The van der Waals surface area contributed by atoms with Crippen LogP contribution in [0.5, 0.6) is 11.5 Å². The van der Waals surface area contributed by atoms with E-state index in [4.69, 9.17) is 13.9 Å². The van der Waals surface area contributed by atoms with Crippen molar-refractivity contribution >= 4 is 33.5 Å². The minimum absolute atomic E-state index is 0.103. The molecule has 1 N–H and O–H groups in total. The standard InChI is InChI=1S/C22H17NO5/c1-26-18-8-4-5-9-19(18)27-13-21(24)23-14-10-11-16-20(12-14)28-17-7-3-2-6-15(17)22(16)25/h2-12H,13H2,1H3,(H,23,24). The van der Waals surface area contributed by atoms with Gasteiger partial charge in [0.15, 0.2) is 18.1 Å². The summed E-state index contributed by atoms with van der Waals surface area (Å²) in [4.78, 5) is 24.8. The summed E-state index contributed by atoms with van der Waals surface area (Å²) >= 11 is 0. The Balaban J connectivity index is 1.53. The van der Waals surface area contributed by atoms with Gasteiger partial charge in [-0.1, -0.05) is 24.3 Å². The van der Waals surface area contributed by atoms with Crippen LogP contribution in [0.15, 0.2) is 75.9 Å². The van der Waals surface area contributed by atoms with Crippen LogP contribution in [0.2, 0.25) is 0 Å². The smallest absolute Gasteiger partial charge is 0.262 e. The fourth-order valence-corrected chi connectivity index (χ4v) is 2.96. The number of hydrogen-bond acceptors (Lipinski definition) is 5. The molecule has 1 amide bonds. The van der Waals surface area contributed by atoms with Gasteiger partial charge in [-0.15, -0.1) is 0 Å². The highest BCUT2D eigenvalue weighted by Gasteiger charge is 2.10. The third kappa shape index (κ3) is 3.40. The van der Waals surface area contributed by atoms with Crippen LogP contribution in [0.3, 0.4) is 0 Å². The van der Waals surface area contributed by atoms with Gasteiger partial charge < -0.3 is 19.2 Å². The van der Waals surface area contributed by atoms with Crippen LogP contribution < -0.4 is 20.2 Å². The van der Waals surface area contributed by atoms with Crippen LogP contribution in [-0.4, -0.2) is 19.6 Å². The molecule has 0 aliphatic heterocycles. The fourth-order valence-electron chi connectivity index (χ4n) is 2.96. The van der Waals surface area contributed by atoms with Crippen molar-refractivity contribution in [2.75, 3.05) is 19.0 Å². The van der Waals surface area contributed by atoms with Gasteiger partial charge in [0, 0.05) is 11.8 Å². The molecule has 28 heavy (non-hydrogen) atoms. The van der Waals surface area contributed by atoms with Crippen LogP contribution in [0, 0.1) is 0 Å². The van der Waals surface area contributed by atoms with E-state index in [-0.39, 0.29) is 17.9 Å². The normalized spacial score (nSPS) is 10.8. The largest absolute Gasteiger partial charge is 0.493 e. The highest BCUT2D eigenvalue weighted by Crippen LogP contribution is 2.26. The first-order valence-corrected chi connectivity index (χ1v) is 8.67. The molecule has 0 bridgehead atoms. The van der Waals surface area contributed by atoms with Gasteiger partial charge in [0.2, 0.25) is 5.43 Å². The molecule has 0 radical (unpaired) electrons. The van der Waals surface area contributed by atoms with Gasteiger partial charge >= 0.3 is 0 Å². The molecule has 0 unspecified atom stereocenters. The highest BCUT2D eigenvalue weighted by molar-refractivity contribution is 5.96. The lowest BCUT2D eigenvalue weighted by Crippen LogP contribution is -2.20. The number of anilines is 1. The summed E-state index contributed by atoms with van der Waals surface area (Å²) in [6.07, 6.45) is 0. The monoisotopic (exact) mass is 375 g/mol. The summed E-state index contributed by atoms with van der Waals surface area (Å²) < 4.78 is 16.5. The van der Waals surface area contributed by atoms with Gasteiger partial charge in [0.1, 0.15) is 11.2 Å². The predicted molar refractivity (Wildman–Crippen MR) is 107 cm³/mol. The van der Waals surface area contributed by atoms with Crippen molar-refractivity contribution in [2.45, 2.75) is 0 Å². The number of methoxy groups -OCH3 is 1. The maximum absolute atomic E-state index is 12.6. The first-order chi connectivity index (χ1) is 13.7. The minimum atomic E-state index is -0.339. The lowest BCUT2D eigenvalue weighted by atomic mass is 10.1. The fraction of sp³-hybridized carbons (Fsp3) is 0.0909. The lowest BCUT2D eigenvalue weighted by molar-refractivity contribution is -0.118. The molecule has 4 aromatic rings. The molecule has 0 aliphatic rings. The Hall–Kier alpha value is -3.80. The average molecular weight is 375 g/mol. The molecule has 0 spiro atoms. The number of amides is 1. The van der Waals surface area contributed by atoms with Crippen LogP contribution >= 0.6 is 0 Å². The third-order valence-electron chi connectivity index (χ3n) is 4.29. The van der Waals surface area contributed by atoms with E-state index in [1.54, 1.807) is 60.7 Å². The molecule has 0 aliphatic carbocycles. The molecule has 4 rings (SSSR count). The Bertz CT molecular complexity index is 1230. The Labute approximate surface area is 160 Å². The van der Waals surface area contributed by atoms with E-state index in [1.807, 2.05) is 6.07 Å². The quantitative estimate of drug-likeness (QED) is 0.534. The molecule has 3 aromatic carbocycles. The summed E-state index contributed by atoms with van der Waals surface area (Å²) in [6, 6.07) is 19.1. The number of hydrogen-bond donors (Lipinski definition) is 1. The van der Waals surface area contributed by atoms with E-state index in [0.717, 1.165) is 0 Å². The molecule has 1 heterocycles. The number of rotatable bonds is 5. The maximum Gasteiger partial charge on any atom is 0.262 e. The number of benzene rings is 3. The second-order valence-electron chi connectivity index (χ2n) is 6.13. The molecule has 0 saturated heterocycles. The molecule has 1 aromatic heterocycles. The predicted octanol–water partition coefficient (Wildman–Crippen LogP) is 3.97. The molecule has 0 fully saturated rings. The second-order valence-corrected chi connectivity index (χ2v) is 6.13. The first-order valence-electron chi connectivity index (χ1n) is 8.67. The lowest BCUT2D eigenvalue weighted by Gasteiger charge is -2.11. The summed E-state index contributed by atoms with van der Waals surface area (Å²) in [6.45, 7) is -0.180. The van der Waals surface area contributed by atoms with Crippen molar-refractivity contribution in [1.29, 1.82) is 0 Å². The molecule has 0 atom stereocenters. The topological polar surface area (TPSA) is 77.8 Å². The number of ether oxygens (including phenoxy) is 2. The van der Waals surface area contributed by atoms with Crippen molar-refractivity contribution in [3.8, 4) is 11.5 Å². The Morgan fingerprint density at radius 2 is 1.64 bits per heavy atom. The summed E-state index contributed by atoms with van der Waals surface area (Å²) in [5, 5.41) is 3.73. The van der Waals surface area contributed by atoms with Crippen molar-refractivity contribution in [3.63, 3.8) is 0 Å². The Kier molecular flexibility index (Phi) is 4.68. The van der Waals surface area contributed by atoms with Crippen LogP contribution in [0.25, 0.3) is 21.9 Å². The van der Waals surface area contributed by atoms with Gasteiger partial charge in [-0.05, 0) is 36.4 Å². The van der Waals surface area contributed by atoms with Gasteiger partial charge in [0.25, 0.3) is 5.91 Å². The van der Waals surface area contributed by atoms with Crippen molar-refractivity contribution < 1.29 is 18.7 Å². The molecule has 6 heteroatoms. The Morgan fingerprint density at radius 1 is 0.929 bits per heavy atom. The number of carbonyl (C=O) groups is 1. The summed E-state index contributed by atoms with van der Waals surface area (Å²) in [5.41, 5.74) is 1.32. The van der Waals surface area contributed by atoms with E-state index in [1.165, 1.54) is 7.11 Å². The van der Waals surface area contributed by atoms with Crippen molar-refractivity contribution in [2.24, 2.45) is 0 Å². The first kappa shape index (κ1) is 17.6. The second kappa shape index (κ2) is 7.44. The van der Waals surface area contributed by atoms with Gasteiger partial charge in [0.05, 0.1) is 17.9 Å². The average Bonchev–Trinajstić information content (AvgIpc) is 2.72. The maximum atomic E-state index is 12.6. The minimum Gasteiger partial charge on any atom is -0.493 e. The number of nitrogens with one attached hydrogen (secondary N) is 1. The molecular formula is C22H17NO5. The number of para-hydroxylation sites is 3. The van der Waals surface area contributed by atoms with Crippen LogP contribution in [0.4, 0.5) is 5.69 Å². The summed E-state index contributed by atoms with van der Waals surface area (Å²) in [5.74, 6) is 0.694. The molecule has 140 valence electrons. The zero-order valence-corrected chi connectivity index (χ0v) is 15.1. The van der Waals surface area contributed by atoms with Crippen LogP contribution in [0.1, 0.15) is 0 Å².